The molecule has 104 valence electrons. The van der Waals surface area contributed by atoms with Crippen LogP contribution >= 0.6 is 11.3 Å². The van der Waals surface area contributed by atoms with E-state index in [4.69, 9.17) is 0 Å². The number of alkyl halides is 3. The highest BCUT2D eigenvalue weighted by atomic mass is 32.1. The standard InChI is InChI=1S/C10H10F3N3O2S/c11-10(12,13)6-2-1-5(7(17)15-6)8(18)16-9-14-3-4-19-9/h3-6H,1-2H2,(H,15,17)(H,14,16,18)/t5-,6-/m1/s1. The first-order valence-corrected chi connectivity index (χ1v) is 6.33. The summed E-state index contributed by atoms with van der Waals surface area (Å²) in [5.74, 6) is -2.64. The maximum absolute atomic E-state index is 12.4. The smallest absolute Gasteiger partial charge is 0.344 e. The molecular weight excluding hydrogens is 283 g/mol. The molecule has 0 bridgehead atoms. The van der Waals surface area contributed by atoms with Crippen molar-refractivity contribution in [3.8, 4) is 0 Å². The summed E-state index contributed by atoms with van der Waals surface area (Å²) in [6, 6.07) is -1.87. The summed E-state index contributed by atoms with van der Waals surface area (Å²) in [6.45, 7) is 0. The van der Waals surface area contributed by atoms with Gasteiger partial charge in [0.25, 0.3) is 0 Å². The molecule has 1 aliphatic heterocycles. The highest BCUT2D eigenvalue weighted by Crippen LogP contribution is 2.29. The average molecular weight is 293 g/mol. The zero-order valence-electron chi connectivity index (χ0n) is 9.53. The first-order chi connectivity index (χ1) is 8.88. The topological polar surface area (TPSA) is 71.1 Å². The Hall–Kier alpha value is -1.64. The van der Waals surface area contributed by atoms with E-state index >= 15 is 0 Å². The van der Waals surface area contributed by atoms with Gasteiger partial charge in [0.15, 0.2) is 5.13 Å². The molecule has 19 heavy (non-hydrogen) atoms. The van der Waals surface area contributed by atoms with Gasteiger partial charge in [0.1, 0.15) is 12.0 Å². The van der Waals surface area contributed by atoms with Gasteiger partial charge in [-0.25, -0.2) is 4.98 Å². The summed E-state index contributed by atoms with van der Waals surface area (Å²) in [4.78, 5) is 27.1. The van der Waals surface area contributed by atoms with Crippen molar-refractivity contribution in [2.75, 3.05) is 5.32 Å². The van der Waals surface area contributed by atoms with Crippen LogP contribution < -0.4 is 10.6 Å². The van der Waals surface area contributed by atoms with Gasteiger partial charge in [-0.2, -0.15) is 13.2 Å². The predicted molar refractivity (Wildman–Crippen MR) is 61.5 cm³/mol. The van der Waals surface area contributed by atoms with Crippen molar-refractivity contribution in [3.05, 3.63) is 11.6 Å². The number of hydrogen-bond donors (Lipinski definition) is 2. The van der Waals surface area contributed by atoms with Gasteiger partial charge in [-0.3, -0.25) is 9.59 Å². The van der Waals surface area contributed by atoms with E-state index in [-0.39, 0.29) is 12.8 Å². The van der Waals surface area contributed by atoms with Crippen LogP contribution in [0.1, 0.15) is 12.8 Å². The van der Waals surface area contributed by atoms with Gasteiger partial charge in [-0.15, -0.1) is 11.3 Å². The zero-order valence-corrected chi connectivity index (χ0v) is 10.3. The van der Waals surface area contributed by atoms with E-state index in [9.17, 15) is 22.8 Å². The molecule has 2 rings (SSSR count). The van der Waals surface area contributed by atoms with Crippen molar-refractivity contribution in [2.24, 2.45) is 5.92 Å². The van der Waals surface area contributed by atoms with Crippen molar-refractivity contribution in [1.29, 1.82) is 0 Å². The van der Waals surface area contributed by atoms with Gasteiger partial charge in [0.2, 0.25) is 11.8 Å². The second-order valence-corrected chi connectivity index (χ2v) is 4.95. The van der Waals surface area contributed by atoms with Crippen LogP contribution in [0.25, 0.3) is 0 Å². The van der Waals surface area contributed by atoms with Gasteiger partial charge in [-0.05, 0) is 12.8 Å². The lowest BCUT2D eigenvalue weighted by Gasteiger charge is -2.29. The lowest BCUT2D eigenvalue weighted by molar-refractivity contribution is -0.170. The van der Waals surface area contributed by atoms with Crippen molar-refractivity contribution >= 4 is 28.3 Å². The molecule has 1 aromatic heterocycles. The third-order valence-electron chi connectivity index (χ3n) is 2.75. The molecule has 2 N–H and O–H groups in total. The van der Waals surface area contributed by atoms with Crippen LogP contribution in [0.2, 0.25) is 0 Å². The molecule has 2 heterocycles. The Morgan fingerprint density at radius 2 is 2.21 bits per heavy atom. The van der Waals surface area contributed by atoms with Gasteiger partial charge in [-0.1, -0.05) is 0 Å². The lowest BCUT2D eigenvalue weighted by Crippen LogP contribution is -2.53. The molecule has 9 heteroatoms. The normalized spacial score (nSPS) is 23.8. The van der Waals surface area contributed by atoms with E-state index in [1.165, 1.54) is 17.5 Å². The fraction of sp³-hybridized carbons (Fsp3) is 0.500. The zero-order chi connectivity index (χ0) is 14.0. The summed E-state index contributed by atoms with van der Waals surface area (Å²) in [5, 5.41) is 6.18. The van der Waals surface area contributed by atoms with E-state index in [2.05, 4.69) is 10.3 Å². The Morgan fingerprint density at radius 3 is 2.74 bits per heavy atom. The molecule has 2 atom stereocenters. The Bertz CT molecular complexity index is 475. The van der Waals surface area contributed by atoms with Crippen LogP contribution in [-0.2, 0) is 9.59 Å². The summed E-state index contributed by atoms with van der Waals surface area (Å²) in [5.41, 5.74) is 0. The molecule has 0 aromatic carbocycles. The van der Waals surface area contributed by atoms with Gasteiger partial charge in [0, 0.05) is 11.6 Å². The third kappa shape index (κ3) is 3.22. The Labute approximate surface area is 110 Å². The molecule has 0 radical (unpaired) electrons. The van der Waals surface area contributed by atoms with Crippen LogP contribution in [0.4, 0.5) is 18.3 Å². The number of halogens is 3. The molecule has 5 nitrogen and oxygen atoms in total. The number of thiazole rings is 1. The minimum Gasteiger partial charge on any atom is -0.344 e. The number of amides is 2. The number of carbonyl (C=O) groups excluding carboxylic acids is 2. The highest BCUT2D eigenvalue weighted by Gasteiger charge is 2.45. The number of piperidine rings is 1. The molecule has 2 amide bonds. The van der Waals surface area contributed by atoms with Gasteiger partial charge < -0.3 is 10.6 Å². The van der Waals surface area contributed by atoms with Crippen molar-refractivity contribution in [2.45, 2.75) is 25.1 Å². The Balaban J connectivity index is 1.96. The number of nitrogens with one attached hydrogen (secondary N) is 2. The SMILES string of the molecule is O=C(Nc1nccs1)[C@@H]1CC[C@H](C(F)(F)F)NC1=O. The maximum Gasteiger partial charge on any atom is 0.408 e. The fourth-order valence-corrected chi connectivity index (χ4v) is 2.31. The molecule has 1 aromatic rings. The second-order valence-electron chi connectivity index (χ2n) is 4.06. The van der Waals surface area contributed by atoms with Crippen LogP contribution in [0.15, 0.2) is 11.6 Å². The van der Waals surface area contributed by atoms with Crippen LogP contribution in [0.3, 0.4) is 0 Å². The first-order valence-electron chi connectivity index (χ1n) is 5.45. The molecule has 0 spiro atoms. The number of carbonyl (C=O) groups is 2. The molecule has 1 saturated heterocycles. The molecule has 0 unspecified atom stereocenters. The minimum atomic E-state index is -4.48. The molecular formula is C10H10F3N3O2S. The number of anilines is 1. The predicted octanol–water partition coefficient (Wildman–Crippen LogP) is 1.54. The second kappa shape index (κ2) is 5.16. The molecule has 1 fully saturated rings. The Kier molecular flexibility index (Phi) is 3.74. The maximum atomic E-state index is 12.4. The van der Waals surface area contributed by atoms with Crippen molar-refractivity contribution < 1.29 is 22.8 Å². The summed E-state index contributed by atoms with van der Waals surface area (Å²) >= 11 is 1.17. The monoisotopic (exact) mass is 293 g/mol. The third-order valence-corrected chi connectivity index (χ3v) is 3.44. The number of hydrogen-bond acceptors (Lipinski definition) is 4. The fourth-order valence-electron chi connectivity index (χ4n) is 1.78. The molecule has 0 saturated carbocycles. The van der Waals surface area contributed by atoms with E-state index in [0.29, 0.717) is 5.13 Å². The minimum absolute atomic E-state index is 0.132. The first kappa shape index (κ1) is 13.8. The number of rotatable bonds is 2. The lowest BCUT2D eigenvalue weighted by atomic mass is 9.93. The summed E-state index contributed by atoms with van der Waals surface area (Å²) < 4.78 is 37.3. The Morgan fingerprint density at radius 1 is 1.47 bits per heavy atom. The highest BCUT2D eigenvalue weighted by molar-refractivity contribution is 7.13. The van der Waals surface area contributed by atoms with Crippen LogP contribution in [0, 0.1) is 5.92 Å². The van der Waals surface area contributed by atoms with Crippen molar-refractivity contribution in [1.82, 2.24) is 10.3 Å². The molecule has 0 aliphatic carbocycles. The van der Waals surface area contributed by atoms with E-state index < -0.39 is 30.0 Å². The summed E-state index contributed by atoms with van der Waals surface area (Å²) in [6.07, 6.45) is -3.44. The van der Waals surface area contributed by atoms with E-state index in [1.54, 1.807) is 5.38 Å². The largest absolute Gasteiger partial charge is 0.408 e. The van der Waals surface area contributed by atoms with Gasteiger partial charge in [0.05, 0.1) is 0 Å². The summed E-state index contributed by atoms with van der Waals surface area (Å²) in [7, 11) is 0. The number of nitrogens with zero attached hydrogens (tertiary/aromatic N) is 1. The van der Waals surface area contributed by atoms with Crippen LogP contribution in [-0.4, -0.2) is 29.0 Å². The molecule has 1 aliphatic rings. The van der Waals surface area contributed by atoms with E-state index in [0.717, 1.165) is 0 Å². The van der Waals surface area contributed by atoms with Crippen molar-refractivity contribution in [3.63, 3.8) is 0 Å². The average Bonchev–Trinajstić information content (AvgIpc) is 2.80. The van der Waals surface area contributed by atoms with E-state index in [1.807, 2.05) is 5.32 Å². The van der Waals surface area contributed by atoms with Gasteiger partial charge >= 0.3 is 6.18 Å². The van der Waals surface area contributed by atoms with Crippen LogP contribution in [0.5, 0.6) is 0 Å². The number of aromatic nitrogens is 1. The quantitative estimate of drug-likeness (QED) is 0.813.